The first kappa shape index (κ1) is 17.9. The van der Waals surface area contributed by atoms with Crippen molar-refractivity contribution in [1.29, 1.82) is 5.41 Å². The van der Waals surface area contributed by atoms with E-state index >= 15 is 0 Å². The Morgan fingerprint density at radius 3 is 1.71 bits per heavy atom. The monoisotopic (exact) mass is 211 g/mol. The third-order valence-corrected chi connectivity index (χ3v) is 0.784. The molecule has 9 heteroatoms. The summed E-state index contributed by atoms with van der Waals surface area (Å²) < 4.78 is 0. The average Bonchev–Trinajstić information content (AvgIpc) is 1.83. The molecule has 0 rings (SSSR count). The number of carboxylic acid groups (broad SMARTS) is 3. The van der Waals surface area contributed by atoms with Gasteiger partial charge >= 0.3 is 12.1 Å². The summed E-state index contributed by atoms with van der Waals surface area (Å²) in [6.07, 6.45) is -1.83. The van der Waals surface area contributed by atoms with Gasteiger partial charge in [0.05, 0.1) is 0 Å². The van der Waals surface area contributed by atoms with E-state index in [0.717, 1.165) is 4.90 Å². The molecule has 0 bridgehead atoms. The highest BCUT2D eigenvalue weighted by Crippen LogP contribution is 1.76. The Hall–Kier alpha value is -2.03. The fourth-order valence-electron chi connectivity index (χ4n) is 0.288. The maximum atomic E-state index is 9.92. The molecule has 0 aliphatic heterocycles. The van der Waals surface area contributed by atoms with Gasteiger partial charge in [0, 0.05) is 7.05 Å². The highest BCUT2D eigenvalue weighted by Gasteiger charge is 2.03. The molecule has 9 nitrogen and oxygen atoms in total. The topological polar surface area (TPSA) is 179 Å². The van der Waals surface area contributed by atoms with Crippen LogP contribution in [0.1, 0.15) is 0 Å². The third kappa shape index (κ3) is 22.5. The van der Waals surface area contributed by atoms with Crippen LogP contribution in [0.2, 0.25) is 0 Å². The predicted molar refractivity (Wildman–Crippen MR) is 46.4 cm³/mol. The van der Waals surface area contributed by atoms with Gasteiger partial charge in [-0.15, -0.1) is 0 Å². The Labute approximate surface area is 79.2 Å². The number of hydrogen-bond acceptors (Lipinski definition) is 3. The van der Waals surface area contributed by atoms with E-state index in [1.54, 1.807) is 0 Å². The van der Waals surface area contributed by atoms with E-state index in [9.17, 15) is 4.79 Å². The van der Waals surface area contributed by atoms with Crippen molar-refractivity contribution in [3.8, 4) is 0 Å². The molecular weight excluding hydrogens is 198 g/mol. The van der Waals surface area contributed by atoms with Gasteiger partial charge in [0.2, 0.25) is 0 Å². The largest absolute Gasteiger partial charge is 0.503 e. The van der Waals surface area contributed by atoms with Gasteiger partial charge in [0.25, 0.3) is 0 Å². The highest BCUT2D eigenvalue weighted by molar-refractivity contribution is 5.79. The van der Waals surface area contributed by atoms with Crippen LogP contribution in [0.25, 0.3) is 0 Å². The van der Waals surface area contributed by atoms with Gasteiger partial charge < -0.3 is 31.4 Å². The lowest BCUT2D eigenvalue weighted by Crippen LogP contribution is -2.36. The number of nitrogens with zero attached hydrogens (tertiary/aromatic N) is 1. The van der Waals surface area contributed by atoms with Crippen LogP contribution in [0.3, 0.4) is 0 Å². The number of aliphatic carboxylic acids is 1. The van der Waals surface area contributed by atoms with Gasteiger partial charge in [-0.3, -0.25) is 10.2 Å². The molecule has 0 saturated heterocycles. The first-order valence-electron chi connectivity index (χ1n) is 2.96. The zero-order valence-corrected chi connectivity index (χ0v) is 7.39. The fourth-order valence-corrected chi connectivity index (χ4v) is 0.288. The SMILES string of the molecule is CN(CC(=O)O)C(=N)N.O.O=C(O)O. The molecule has 14 heavy (non-hydrogen) atoms. The molecule has 0 heterocycles. The van der Waals surface area contributed by atoms with Crippen molar-refractivity contribution in [3.63, 3.8) is 0 Å². The lowest BCUT2D eigenvalue weighted by atomic mass is 10.6. The minimum atomic E-state index is -1.83. The average molecular weight is 211 g/mol. The summed E-state index contributed by atoms with van der Waals surface area (Å²) in [5, 5.41) is 28.8. The van der Waals surface area contributed by atoms with Gasteiger partial charge in [0.1, 0.15) is 6.54 Å². The molecule has 0 aromatic heterocycles. The Bertz CT molecular complexity index is 202. The lowest BCUT2D eigenvalue weighted by molar-refractivity contribution is -0.137. The standard InChI is InChI=1S/C4H9N3O2.CH2O3.H2O/c1-7(4(5)6)2-3(8)9;2-1(3)4;/h2H2,1H3,(H3,5,6)(H,8,9);(H2,2,3,4);1H2. The Morgan fingerprint density at radius 2 is 1.64 bits per heavy atom. The van der Waals surface area contributed by atoms with E-state index in [1.165, 1.54) is 7.05 Å². The molecule has 0 amide bonds. The Balaban J connectivity index is -0.000000209. The molecule has 0 unspecified atom stereocenters. The molecule has 0 fully saturated rings. The second-order valence-corrected chi connectivity index (χ2v) is 1.92. The van der Waals surface area contributed by atoms with Gasteiger partial charge in [-0.2, -0.15) is 0 Å². The first-order valence-corrected chi connectivity index (χ1v) is 2.96. The van der Waals surface area contributed by atoms with Crippen LogP contribution in [-0.4, -0.2) is 57.4 Å². The van der Waals surface area contributed by atoms with Crippen molar-refractivity contribution in [2.75, 3.05) is 13.6 Å². The molecule has 0 aromatic carbocycles. The van der Waals surface area contributed by atoms with Crippen molar-refractivity contribution >= 4 is 18.1 Å². The molecule has 8 N–H and O–H groups in total. The number of carboxylic acids is 1. The van der Waals surface area contributed by atoms with Crippen molar-refractivity contribution in [1.82, 2.24) is 4.90 Å². The van der Waals surface area contributed by atoms with Crippen molar-refractivity contribution in [2.45, 2.75) is 0 Å². The molecule has 0 aromatic rings. The molecule has 0 aliphatic carbocycles. The molecule has 84 valence electrons. The van der Waals surface area contributed by atoms with E-state index in [4.69, 9.17) is 31.3 Å². The summed E-state index contributed by atoms with van der Waals surface area (Å²) in [6.45, 7) is -0.227. The second kappa shape index (κ2) is 9.06. The number of nitrogens with two attached hydrogens (primary N) is 1. The van der Waals surface area contributed by atoms with Crippen molar-refractivity contribution < 1.29 is 30.4 Å². The summed E-state index contributed by atoms with van der Waals surface area (Å²) in [6, 6.07) is 0. The highest BCUT2D eigenvalue weighted by atomic mass is 16.6. The van der Waals surface area contributed by atoms with E-state index < -0.39 is 12.1 Å². The smallest absolute Gasteiger partial charge is 0.480 e. The van der Waals surface area contributed by atoms with Crippen LogP contribution in [0, 0.1) is 5.41 Å². The quantitative estimate of drug-likeness (QED) is 0.266. The zero-order chi connectivity index (χ0) is 11.0. The number of rotatable bonds is 2. The summed E-state index contributed by atoms with van der Waals surface area (Å²) in [5.74, 6) is -1.23. The summed E-state index contributed by atoms with van der Waals surface area (Å²) in [4.78, 5) is 19.6. The molecule has 0 saturated carbocycles. The first-order chi connectivity index (χ1) is 5.77. The minimum Gasteiger partial charge on any atom is -0.480 e. The van der Waals surface area contributed by atoms with Gasteiger partial charge in [0.15, 0.2) is 5.96 Å². The van der Waals surface area contributed by atoms with Crippen LogP contribution in [-0.2, 0) is 4.79 Å². The van der Waals surface area contributed by atoms with Crippen molar-refractivity contribution in [3.05, 3.63) is 0 Å². The summed E-state index contributed by atoms with van der Waals surface area (Å²) in [7, 11) is 1.44. The summed E-state index contributed by atoms with van der Waals surface area (Å²) >= 11 is 0. The van der Waals surface area contributed by atoms with E-state index in [1.807, 2.05) is 0 Å². The van der Waals surface area contributed by atoms with Crippen LogP contribution in [0.5, 0.6) is 0 Å². The van der Waals surface area contributed by atoms with Gasteiger partial charge in [-0.1, -0.05) is 0 Å². The second-order valence-electron chi connectivity index (χ2n) is 1.92. The number of carbonyl (C=O) groups is 2. The fraction of sp³-hybridized carbons (Fsp3) is 0.400. The number of nitrogens with one attached hydrogen (secondary N) is 1. The van der Waals surface area contributed by atoms with E-state index in [0.29, 0.717) is 0 Å². The third-order valence-electron chi connectivity index (χ3n) is 0.784. The van der Waals surface area contributed by atoms with Crippen LogP contribution < -0.4 is 5.73 Å². The molecule has 0 aliphatic rings. The lowest BCUT2D eigenvalue weighted by Gasteiger charge is -2.12. The van der Waals surface area contributed by atoms with Gasteiger partial charge in [-0.05, 0) is 0 Å². The predicted octanol–water partition coefficient (Wildman–Crippen LogP) is -1.71. The van der Waals surface area contributed by atoms with E-state index in [2.05, 4.69) is 0 Å². The molecule has 0 atom stereocenters. The van der Waals surface area contributed by atoms with Crippen molar-refractivity contribution in [2.24, 2.45) is 5.73 Å². The Morgan fingerprint density at radius 1 is 1.36 bits per heavy atom. The molecular formula is C5H13N3O6. The minimum absolute atomic E-state index is 0. The zero-order valence-electron chi connectivity index (χ0n) is 7.39. The van der Waals surface area contributed by atoms with Crippen LogP contribution >= 0.6 is 0 Å². The van der Waals surface area contributed by atoms with Gasteiger partial charge in [-0.25, -0.2) is 4.79 Å². The van der Waals surface area contributed by atoms with E-state index in [-0.39, 0.29) is 18.0 Å². The maximum absolute atomic E-state index is 9.92. The molecule has 0 radical (unpaired) electrons. The number of hydrogen-bond donors (Lipinski definition) is 5. The normalized spacial score (nSPS) is 7.21. The Kier molecular flexibility index (Phi) is 11.6. The summed E-state index contributed by atoms with van der Waals surface area (Å²) in [5.41, 5.74) is 4.93. The number of guanidine groups is 1. The maximum Gasteiger partial charge on any atom is 0.503 e. The molecule has 0 spiro atoms. The van der Waals surface area contributed by atoms with Crippen LogP contribution in [0.15, 0.2) is 0 Å². The van der Waals surface area contributed by atoms with Crippen LogP contribution in [0.4, 0.5) is 4.79 Å². The number of likely N-dealkylation sites (N-methyl/N-ethyl adjacent to an activating group) is 1.